The molecule has 0 fully saturated rings. The molecule has 1 aromatic carbocycles. The van der Waals surface area contributed by atoms with Gasteiger partial charge in [0.05, 0.1) is 10.9 Å². The minimum absolute atomic E-state index is 0.0793. The zero-order valence-corrected chi connectivity index (χ0v) is 11.1. The first-order chi connectivity index (χ1) is 8.19. The van der Waals surface area contributed by atoms with Gasteiger partial charge in [-0.2, -0.15) is 0 Å². The van der Waals surface area contributed by atoms with Crippen LogP contribution >= 0.6 is 22.9 Å². The van der Waals surface area contributed by atoms with Crippen LogP contribution in [0.5, 0.6) is 0 Å². The highest BCUT2D eigenvalue weighted by atomic mass is 35.5. The Balaban J connectivity index is 2.04. The van der Waals surface area contributed by atoms with E-state index in [1.807, 2.05) is 30.3 Å². The van der Waals surface area contributed by atoms with Gasteiger partial charge >= 0.3 is 0 Å². The highest BCUT2D eigenvalue weighted by Crippen LogP contribution is 2.27. The lowest BCUT2D eigenvalue weighted by molar-refractivity contribution is 0.282. The van der Waals surface area contributed by atoms with Crippen molar-refractivity contribution >= 4 is 28.6 Å². The van der Waals surface area contributed by atoms with E-state index in [0.717, 1.165) is 15.6 Å². The van der Waals surface area contributed by atoms with Gasteiger partial charge in [0.25, 0.3) is 0 Å². The Morgan fingerprint density at radius 2 is 2.06 bits per heavy atom. The predicted molar refractivity (Wildman–Crippen MR) is 73.7 cm³/mol. The molecule has 1 unspecified atom stereocenters. The fourth-order valence-corrected chi connectivity index (χ4v) is 2.57. The normalized spacial score (nSPS) is 12.4. The van der Waals surface area contributed by atoms with Crippen molar-refractivity contribution in [2.24, 2.45) is 0 Å². The second kappa shape index (κ2) is 5.54. The molecule has 0 aliphatic carbocycles. The molecule has 0 radical (unpaired) electrons. The van der Waals surface area contributed by atoms with Crippen LogP contribution in [0.4, 0.5) is 5.69 Å². The minimum Gasteiger partial charge on any atom is -0.392 e. The lowest BCUT2D eigenvalue weighted by atomic mass is 10.1. The zero-order chi connectivity index (χ0) is 12.3. The van der Waals surface area contributed by atoms with E-state index in [9.17, 15) is 0 Å². The van der Waals surface area contributed by atoms with Gasteiger partial charge in [-0.15, -0.1) is 11.3 Å². The molecule has 2 rings (SSSR count). The molecule has 0 aliphatic rings. The Morgan fingerprint density at radius 1 is 1.35 bits per heavy atom. The smallest absolute Gasteiger partial charge is 0.0931 e. The first-order valence-electron chi connectivity index (χ1n) is 5.39. The Bertz CT molecular complexity index is 480. The van der Waals surface area contributed by atoms with Crippen LogP contribution in [0.25, 0.3) is 0 Å². The zero-order valence-electron chi connectivity index (χ0n) is 9.48. The summed E-state index contributed by atoms with van der Waals surface area (Å²) in [6.45, 7) is 2.17. The number of anilines is 1. The number of nitrogens with one attached hydrogen (secondary N) is 1. The molecule has 2 N–H and O–H groups in total. The van der Waals surface area contributed by atoms with Crippen LogP contribution in [-0.4, -0.2) is 5.11 Å². The number of aliphatic hydroxyl groups is 1. The molecule has 0 spiro atoms. The van der Waals surface area contributed by atoms with E-state index in [1.54, 1.807) is 11.3 Å². The van der Waals surface area contributed by atoms with Crippen LogP contribution < -0.4 is 5.32 Å². The summed E-state index contributed by atoms with van der Waals surface area (Å²) in [7, 11) is 0. The summed E-state index contributed by atoms with van der Waals surface area (Å²) < 4.78 is 0.810. The summed E-state index contributed by atoms with van der Waals surface area (Å²) in [6, 6.07) is 9.96. The predicted octanol–water partition coefficient (Wildman–Crippen LogP) is 4.07. The van der Waals surface area contributed by atoms with Crippen LogP contribution in [-0.2, 0) is 6.61 Å². The molecule has 1 aromatic heterocycles. The Kier molecular flexibility index (Phi) is 4.05. The van der Waals surface area contributed by atoms with Crippen molar-refractivity contribution in [1.29, 1.82) is 0 Å². The van der Waals surface area contributed by atoms with Crippen molar-refractivity contribution in [3.8, 4) is 0 Å². The number of rotatable bonds is 4. The summed E-state index contributed by atoms with van der Waals surface area (Å²) in [5, 5.41) is 14.4. The first kappa shape index (κ1) is 12.4. The highest BCUT2D eigenvalue weighted by molar-refractivity contribution is 7.14. The number of aliphatic hydroxyl groups excluding tert-OH is 1. The molecule has 17 heavy (non-hydrogen) atoms. The average molecular weight is 268 g/mol. The van der Waals surface area contributed by atoms with E-state index in [1.165, 1.54) is 5.56 Å². The molecule has 0 amide bonds. The summed E-state index contributed by atoms with van der Waals surface area (Å²) in [6.07, 6.45) is 0. The van der Waals surface area contributed by atoms with Crippen molar-refractivity contribution in [2.75, 3.05) is 5.32 Å². The molecule has 1 atom stereocenters. The summed E-state index contributed by atoms with van der Waals surface area (Å²) in [5.41, 5.74) is 3.14. The fourth-order valence-electron chi connectivity index (χ4n) is 1.59. The highest BCUT2D eigenvalue weighted by Gasteiger charge is 2.07. The first-order valence-corrected chi connectivity index (χ1v) is 6.65. The van der Waals surface area contributed by atoms with Crippen molar-refractivity contribution in [3.63, 3.8) is 0 Å². The Hall–Kier alpha value is -1.03. The maximum atomic E-state index is 8.96. The van der Waals surface area contributed by atoms with Gasteiger partial charge in [0.2, 0.25) is 0 Å². The van der Waals surface area contributed by atoms with Gasteiger partial charge in [-0.05, 0) is 41.6 Å². The third-order valence-electron chi connectivity index (χ3n) is 2.61. The second-order valence-corrected chi connectivity index (χ2v) is 5.45. The van der Waals surface area contributed by atoms with E-state index in [4.69, 9.17) is 16.7 Å². The average Bonchev–Trinajstić information content (AvgIpc) is 2.77. The molecule has 1 heterocycles. The van der Waals surface area contributed by atoms with E-state index >= 15 is 0 Å². The van der Waals surface area contributed by atoms with Gasteiger partial charge in [0.15, 0.2) is 0 Å². The van der Waals surface area contributed by atoms with E-state index in [2.05, 4.69) is 17.6 Å². The van der Waals surface area contributed by atoms with Gasteiger partial charge in [0, 0.05) is 11.7 Å². The third-order valence-corrected chi connectivity index (χ3v) is 3.72. The number of halogens is 1. The summed E-state index contributed by atoms with van der Waals surface area (Å²) >= 11 is 7.45. The van der Waals surface area contributed by atoms with Crippen LogP contribution in [0.2, 0.25) is 4.34 Å². The molecular formula is C13H14ClNOS. The van der Waals surface area contributed by atoms with Crippen LogP contribution in [0, 0.1) is 0 Å². The number of thiophene rings is 1. The van der Waals surface area contributed by atoms with Crippen LogP contribution in [0.1, 0.15) is 24.1 Å². The molecule has 0 aliphatic heterocycles. The fraction of sp³-hybridized carbons (Fsp3) is 0.231. The minimum atomic E-state index is 0.0793. The Labute approximate surface area is 110 Å². The second-order valence-electron chi connectivity index (χ2n) is 3.91. The van der Waals surface area contributed by atoms with Gasteiger partial charge in [-0.3, -0.25) is 0 Å². The molecular weight excluding hydrogens is 254 g/mol. The Morgan fingerprint density at radius 3 is 2.59 bits per heavy atom. The third kappa shape index (κ3) is 3.22. The molecule has 0 saturated heterocycles. The largest absolute Gasteiger partial charge is 0.392 e. The van der Waals surface area contributed by atoms with Gasteiger partial charge in [-0.1, -0.05) is 23.7 Å². The van der Waals surface area contributed by atoms with Gasteiger partial charge < -0.3 is 10.4 Å². The van der Waals surface area contributed by atoms with Crippen molar-refractivity contribution < 1.29 is 5.11 Å². The van der Waals surface area contributed by atoms with Crippen molar-refractivity contribution in [2.45, 2.75) is 19.6 Å². The standard InChI is InChI=1S/C13H14ClNOS/c1-9(11-6-13(14)17-8-11)15-12-4-2-10(7-16)3-5-12/h2-6,8-9,15-16H,7H2,1H3. The maximum absolute atomic E-state index is 8.96. The number of hydrogen-bond donors (Lipinski definition) is 2. The molecule has 90 valence electrons. The lowest BCUT2D eigenvalue weighted by Gasteiger charge is -2.14. The molecule has 4 heteroatoms. The number of hydrogen-bond acceptors (Lipinski definition) is 3. The van der Waals surface area contributed by atoms with E-state index in [0.29, 0.717) is 0 Å². The molecule has 0 saturated carbocycles. The number of benzene rings is 1. The maximum Gasteiger partial charge on any atom is 0.0931 e. The molecule has 0 bridgehead atoms. The van der Waals surface area contributed by atoms with Gasteiger partial charge in [-0.25, -0.2) is 0 Å². The quantitative estimate of drug-likeness (QED) is 0.875. The summed E-state index contributed by atoms with van der Waals surface area (Å²) in [4.78, 5) is 0. The summed E-state index contributed by atoms with van der Waals surface area (Å²) in [5.74, 6) is 0. The van der Waals surface area contributed by atoms with E-state index in [-0.39, 0.29) is 12.6 Å². The topological polar surface area (TPSA) is 32.3 Å². The van der Waals surface area contributed by atoms with Gasteiger partial charge in [0.1, 0.15) is 0 Å². The monoisotopic (exact) mass is 267 g/mol. The molecule has 2 aromatic rings. The molecule has 2 nitrogen and oxygen atoms in total. The van der Waals surface area contributed by atoms with Crippen molar-refractivity contribution in [1.82, 2.24) is 0 Å². The van der Waals surface area contributed by atoms with Crippen LogP contribution in [0.15, 0.2) is 35.7 Å². The lowest BCUT2D eigenvalue weighted by Crippen LogP contribution is -2.05. The SMILES string of the molecule is CC(Nc1ccc(CO)cc1)c1csc(Cl)c1. The van der Waals surface area contributed by atoms with E-state index < -0.39 is 0 Å². The van der Waals surface area contributed by atoms with Crippen LogP contribution in [0.3, 0.4) is 0 Å². The van der Waals surface area contributed by atoms with Crippen molar-refractivity contribution in [3.05, 3.63) is 51.2 Å².